The summed E-state index contributed by atoms with van der Waals surface area (Å²) < 4.78 is 5.43. The van der Waals surface area contributed by atoms with Gasteiger partial charge in [0.05, 0.1) is 28.8 Å². The van der Waals surface area contributed by atoms with Crippen LogP contribution in [0.4, 0.5) is 5.69 Å². The summed E-state index contributed by atoms with van der Waals surface area (Å²) in [6.45, 7) is 7.10. The second-order valence-electron chi connectivity index (χ2n) is 9.48. The number of hydrogen-bond acceptors (Lipinski definition) is 6. The quantitative estimate of drug-likeness (QED) is 0.568. The molecule has 1 fully saturated rings. The molecular weight excluding hydrogens is 402 g/mol. The Morgan fingerprint density at radius 2 is 1.78 bits per heavy atom. The Morgan fingerprint density at radius 3 is 2.34 bits per heavy atom. The predicted octanol–water partition coefficient (Wildman–Crippen LogP) is 4.04. The number of nitrogens with zero attached hydrogens (tertiary/aromatic N) is 1. The van der Waals surface area contributed by atoms with E-state index in [9.17, 15) is 9.90 Å². The molecule has 0 bridgehead atoms. The summed E-state index contributed by atoms with van der Waals surface area (Å²) >= 11 is 0. The summed E-state index contributed by atoms with van der Waals surface area (Å²) in [5, 5.41) is 27.2. The van der Waals surface area contributed by atoms with Crippen molar-refractivity contribution in [2.45, 2.75) is 63.7 Å². The zero-order chi connectivity index (χ0) is 23.2. The molecule has 0 aliphatic carbocycles. The van der Waals surface area contributed by atoms with Crippen LogP contribution in [-0.4, -0.2) is 41.4 Å². The lowest BCUT2D eigenvalue weighted by molar-refractivity contribution is -0.00941. The highest BCUT2D eigenvalue weighted by Gasteiger charge is 2.37. The number of carbonyl (C=O) groups is 1. The molecule has 0 radical (unpaired) electrons. The van der Waals surface area contributed by atoms with Gasteiger partial charge in [-0.15, -0.1) is 0 Å². The van der Waals surface area contributed by atoms with Gasteiger partial charge in [0, 0.05) is 5.69 Å². The fourth-order valence-electron chi connectivity index (χ4n) is 3.98. The maximum absolute atomic E-state index is 12.3. The highest BCUT2D eigenvalue weighted by atomic mass is 16.6. The Labute approximate surface area is 190 Å². The fourth-order valence-corrected chi connectivity index (χ4v) is 3.98. The van der Waals surface area contributed by atoms with Gasteiger partial charge < -0.3 is 20.5 Å². The first-order valence-corrected chi connectivity index (χ1v) is 11.2. The molecule has 3 N–H and O–H groups in total. The number of piperidine rings is 1. The van der Waals surface area contributed by atoms with E-state index in [4.69, 9.17) is 10.00 Å². The third-order valence-electron chi connectivity index (χ3n) is 5.78. The normalized spacial score (nSPS) is 16.6. The van der Waals surface area contributed by atoms with Crippen molar-refractivity contribution < 1.29 is 14.6 Å². The average Bonchev–Trinajstić information content (AvgIpc) is 2.76. The summed E-state index contributed by atoms with van der Waals surface area (Å²) in [6.07, 6.45) is 2.88. The zero-order valence-electron chi connectivity index (χ0n) is 19.1. The monoisotopic (exact) mass is 435 g/mol. The Kier molecular flexibility index (Phi) is 7.55. The van der Waals surface area contributed by atoms with Crippen molar-refractivity contribution in [2.75, 3.05) is 18.4 Å². The van der Waals surface area contributed by atoms with E-state index in [2.05, 4.69) is 16.7 Å². The number of hydrogen-bond donors (Lipinski definition) is 3. The molecule has 1 heterocycles. The zero-order valence-corrected chi connectivity index (χ0v) is 19.1. The van der Waals surface area contributed by atoms with Gasteiger partial charge in [-0.05, 0) is 102 Å². The van der Waals surface area contributed by atoms with E-state index in [1.54, 1.807) is 12.1 Å². The van der Waals surface area contributed by atoms with Crippen LogP contribution in [0.2, 0.25) is 0 Å². The van der Waals surface area contributed by atoms with Crippen LogP contribution in [0.5, 0.6) is 0 Å². The van der Waals surface area contributed by atoms with Crippen molar-refractivity contribution in [1.29, 1.82) is 5.26 Å². The third kappa shape index (κ3) is 6.56. The molecule has 3 rings (SSSR count). The van der Waals surface area contributed by atoms with Crippen LogP contribution in [-0.2, 0) is 11.2 Å². The molecule has 0 amide bonds. The number of esters is 1. The molecule has 32 heavy (non-hydrogen) atoms. The van der Waals surface area contributed by atoms with E-state index in [1.165, 1.54) is 0 Å². The SMILES string of the molecule is CC(C)(C)OC(=O)c1ccc(NC(CCc2ccc(C#N)cc2)C2(O)CCNCC2)cc1. The summed E-state index contributed by atoms with van der Waals surface area (Å²) in [6, 6.07) is 16.8. The number of aliphatic hydroxyl groups is 1. The van der Waals surface area contributed by atoms with Gasteiger partial charge in [0.25, 0.3) is 0 Å². The molecule has 1 saturated heterocycles. The summed E-state index contributed by atoms with van der Waals surface area (Å²) in [5.41, 5.74) is 1.78. The molecule has 1 aliphatic rings. The lowest BCUT2D eigenvalue weighted by Gasteiger charge is -2.40. The Balaban J connectivity index is 1.72. The molecule has 1 atom stereocenters. The number of benzene rings is 2. The first-order chi connectivity index (χ1) is 15.2. The largest absolute Gasteiger partial charge is 0.456 e. The van der Waals surface area contributed by atoms with E-state index in [0.717, 1.165) is 37.2 Å². The van der Waals surface area contributed by atoms with Crippen LogP contribution in [0.15, 0.2) is 48.5 Å². The summed E-state index contributed by atoms with van der Waals surface area (Å²) in [5.74, 6) is -0.349. The Hall–Kier alpha value is -2.88. The van der Waals surface area contributed by atoms with Crippen LogP contribution in [0.3, 0.4) is 0 Å². The van der Waals surface area contributed by atoms with Crippen LogP contribution >= 0.6 is 0 Å². The van der Waals surface area contributed by atoms with Gasteiger partial charge in [0.1, 0.15) is 5.60 Å². The van der Waals surface area contributed by atoms with E-state index < -0.39 is 11.2 Å². The minimum Gasteiger partial charge on any atom is -0.456 e. The summed E-state index contributed by atoms with van der Waals surface area (Å²) in [7, 11) is 0. The minimum absolute atomic E-state index is 0.146. The molecule has 0 aromatic heterocycles. The molecule has 170 valence electrons. The van der Waals surface area contributed by atoms with Crippen LogP contribution < -0.4 is 10.6 Å². The third-order valence-corrected chi connectivity index (χ3v) is 5.78. The van der Waals surface area contributed by atoms with Crippen LogP contribution in [0.25, 0.3) is 0 Å². The Morgan fingerprint density at radius 1 is 1.16 bits per heavy atom. The van der Waals surface area contributed by atoms with Gasteiger partial charge in [-0.25, -0.2) is 4.79 Å². The van der Waals surface area contributed by atoms with Crippen molar-refractivity contribution in [2.24, 2.45) is 0 Å². The maximum Gasteiger partial charge on any atom is 0.338 e. The van der Waals surface area contributed by atoms with Gasteiger partial charge >= 0.3 is 5.97 Å². The second kappa shape index (κ2) is 10.2. The lowest BCUT2D eigenvalue weighted by Crippen LogP contribution is -2.53. The van der Waals surface area contributed by atoms with Gasteiger partial charge in [0.2, 0.25) is 0 Å². The molecule has 2 aromatic carbocycles. The van der Waals surface area contributed by atoms with Gasteiger partial charge in [-0.2, -0.15) is 5.26 Å². The Bertz CT molecular complexity index is 934. The molecule has 2 aromatic rings. The number of anilines is 1. The van der Waals surface area contributed by atoms with Crippen molar-refractivity contribution in [3.8, 4) is 6.07 Å². The second-order valence-corrected chi connectivity index (χ2v) is 9.48. The van der Waals surface area contributed by atoms with E-state index in [-0.39, 0.29) is 12.0 Å². The van der Waals surface area contributed by atoms with Crippen molar-refractivity contribution >= 4 is 11.7 Å². The number of rotatable bonds is 7. The lowest BCUT2D eigenvalue weighted by atomic mass is 9.82. The highest BCUT2D eigenvalue weighted by Crippen LogP contribution is 2.29. The molecule has 1 unspecified atom stereocenters. The standard InChI is InChI=1S/C26H33N3O3/c1-25(2,3)32-24(30)21-9-11-22(12-10-21)29-23(26(31)14-16-28-17-15-26)13-8-19-4-6-20(18-27)7-5-19/h4-7,9-12,23,28-29,31H,8,13-17H2,1-3H3. The van der Waals surface area contributed by atoms with Gasteiger partial charge in [-0.3, -0.25) is 0 Å². The molecule has 6 nitrogen and oxygen atoms in total. The minimum atomic E-state index is -0.818. The molecule has 6 heteroatoms. The average molecular weight is 436 g/mol. The summed E-state index contributed by atoms with van der Waals surface area (Å²) in [4.78, 5) is 12.3. The van der Waals surface area contributed by atoms with E-state index in [1.807, 2.05) is 57.2 Å². The van der Waals surface area contributed by atoms with Crippen molar-refractivity contribution in [3.63, 3.8) is 0 Å². The molecular formula is C26H33N3O3. The first kappa shape index (κ1) is 23.8. The number of nitriles is 1. The van der Waals surface area contributed by atoms with E-state index in [0.29, 0.717) is 24.0 Å². The molecule has 0 saturated carbocycles. The number of carbonyl (C=O) groups excluding carboxylic acids is 1. The predicted molar refractivity (Wildman–Crippen MR) is 126 cm³/mol. The van der Waals surface area contributed by atoms with Crippen LogP contribution in [0.1, 0.15) is 61.5 Å². The molecule has 0 spiro atoms. The first-order valence-electron chi connectivity index (χ1n) is 11.2. The fraction of sp³-hybridized carbons (Fsp3) is 0.462. The van der Waals surface area contributed by atoms with Crippen molar-refractivity contribution in [1.82, 2.24) is 5.32 Å². The topological polar surface area (TPSA) is 94.4 Å². The number of ether oxygens (including phenoxy) is 1. The molecule has 1 aliphatic heterocycles. The van der Waals surface area contributed by atoms with Gasteiger partial charge in [0.15, 0.2) is 0 Å². The van der Waals surface area contributed by atoms with Crippen molar-refractivity contribution in [3.05, 3.63) is 65.2 Å². The highest BCUT2D eigenvalue weighted by molar-refractivity contribution is 5.90. The smallest absolute Gasteiger partial charge is 0.338 e. The van der Waals surface area contributed by atoms with Gasteiger partial charge in [-0.1, -0.05) is 12.1 Å². The van der Waals surface area contributed by atoms with E-state index >= 15 is 0 Å². The number of nitrogens with one attached hydrogen (secondary N) is 2. The van der Waals surface area contributed by atoms with Crippen LogP contribution in [0, 0.1) is 11.3 Å². The number of aryl methyl sites for hydroxylation is 1. The maximum atomic E-state index is 12.3.